The fourth-order valence-corrected chi connectivity index (χ4v) is 3.02. The van der Waals surface area contributed by atoms with E-state index in [4.69, 9.17) is 21.8 Å². The zero-order valence-electron chi connectivity index (χ0n) is 10.4. The summed E-state index contributed by atoms with van der Waals surface area (Å²) < 4.78 is 25.9. The first-order valence-corrected chi connectivity index (χ1v) is 7.35. The fraction of sp³-hybridized carbons (Fsp3) is 0.300. The molecule has 1 atom stereocenters. The lowest BCUT2D eigenvalue weighted by atomic mass is 10.2. The van der Waals surface area contributed by atoms with Gasteiger partial charge in [-0.3, -0.25) is 14.9 Å². The molecule has 1 aromatic rings. The molecule has 1 aromatic carbocycles. The molecule has 0 unspecified atom stereocenters. The van der Waals surface area contributed by atoms with Crippen LogP contribution in [0, 0.1) is 10.1 Å². The molecule has 0 aromatic heterocycles. The summed E-state index contributed by atoms with van der Waals surface area (Å²) in [6.45, 7) is -0.567. The zero-order valence-corrected chi connectivity index (χ0v) is 12.0. The van der Waals surface area contributed by atoms with Gasteiger partial charge in [-0.1, -0.05) is 11.6 Å². The molecule has 3 N–H and O–H groups in total. The normalized spacial score (nSPS) is 12.9. The number of carboxylic acids is 1. The van der Waals surface area contributed by atoms with Gasteiger partial charge in [0.15, 0.2) is 4.90 Å². The molecular weight excluding hydrogens is 328 g/mol. The second-order valence-electron chi connectivity index (χ2n) is 3.89. The molecule has 0 aliphatic rings. The topological polar surface area (TPSA) is 147 Å². The first-order chi connectivity index (χ1) is 9.69. The number of carboxylic acid groups (broad SMARTS) is 1. The highest BCUT2D eigenvalue weighted by Gasteiger charge is 2.30. The molecule has 0 bridgehead atoms. The number of aliphatic hydroxyl groups excluding tert-OH is 1. The van der Waals surface area contributed by atoms with Gasteiger partial charge in [0.1, 0.15) is 6.04 Å². The minimum absolute atomic E-state index is 0.0363. The maximum absolute atomic E-state index is 12.1. The monoisotopic (exact) mass is 338 g/mol. The molecule has 0 aliphatic heterocycles. The van der Waals surface area contributed by atoms with Crippen LogP contribution in [-0.2, 0) is 14.8 Å². The average molecular weight is 339 g/mol. The van der Waals surface area contributed by atoms with E-state index in [2.05, 4.69) is 0 Å². The first-order valence-electron chi connectivity index (χ1n) is 5.49. The number of halogens is 1. The molecule has 21 heavy (non-hydrogen) atoms. The van der Waals surface area contributed by atoms with Crippen molar-refractivity contribution in [3.63, 3.8) is 0 Å². The van der Waals surface area contributed by atoms with Crippen LogP contribution in [0.15, 0.2) is 23.1 Å². The van der Waals surface area contributed by atoms with Crippen LogP contribution >= 0.6 is 11.6 Å². The largest absolute Gasteiger partial charge is 0.480 e. The molecule has 11 heteroatoms. The lowest BCUT2D eigenvalue weighted by Crippen LogP contribution is -2.41. The van der Waals surface area contributed by atoms with Gasteiger partial charge in [0.2, 0.25) is 10.0 Å². The van der Waals surface area contributed by atoms with Gasteiger partial charge >= 0.3 is 5.97 Å². The molecule has 0 fully saturated rings. The average Bonchev–Trinajstić information content (AvgIpc) is 2.37. The smallest absolute Gasteiger partial charge is 0.321 e. The number of nitro groups is 1. The van der Waals surface area contributed by atoms with E-state index in [1.807, 2.05) is 0 Å². The molecule has 0 saturated heterocycles. The summed E-state index contributed by atoms with van der Waals surface area (Å²) in [5, 5.41) is 28.4. The van der Waals surface area contributed by atoms with E-state index in [-0.39, 0.29) is 11.4 Å². The Bertz CT molecular complexity index is 661. The Morgan fingerprint density at radius 1 is 1.48 bits per heavy atom. The predicted molar refractivity (Wildman–Crippen MR) is 71.6 cm³/mol. The van der Waals surface area contributed by atoms with Crippen molar-refractivity contribution in [3.8, 4) is 0 Å². The van der Waals surface area contributed by atoms with Crippen LogP contribution in [0.4, 0.5) is 5.69 Å². The first kappa shape index (κ1) is 17.3. The maximum Gasteiger partial charge on any atom is 0.321 e. The molecule has 0 amide bonds. The Balaban J connectivity index is 3.25. The number of nitrogens with one attached hydrogen (secondary N) is 1. The van der Waals surface area contributed by atoms with Crippen molar-refractivity contribution in [2.45, 2.75) is 17.4 Å². The van der Waals surface area contributed by atoms with E-state index in [0.717, 1.165) is 18.2 Å². The van der Waals surface area contributed by atoms with Crippen LogP contribution in [0.2, 0.25) is 5.02 Å². The number of benzene rings is 1. The lowest BCUT2D eigenvalue weighted by Gasteiger charge is -2.13. The van der Waals surface area contributed by atoms with Crippen LogP contribution in [0.25, 0.3) is 0 Å². The van der Waals surface area contributed by atoms with Crippen molar-refractivity contribution in [1.82, 2.24) is 4.72 Å². The number of nitro benzene ring substituents is 1. The molecule has 116 valence electrons. The predicted octanol–water partition coefficient (Wildman–Crippen LogP) is 0.362. The number of aliphatic hydroxyl groups is 1. The number of hydrogen-bond acceptors (Lipinski definition) is 6. The number of nitrogens with zero attached hydrogens (tertiary/aromatic N) is 1. The summed E-state index contributed by atoms with van der Waals surface area (Å²) in [7, 11) is -4.46. The molecule has 0 spiro atoms. The van der Waals surface area contributed by atoms with Crippen molar-refractivity contribution in [2.75, 3.05) is 6.61 Å². The van der Waals surface area contributed by atoms with Crippen LogP contribution in [0.3, 0.4) is 0 Å². The van der Waals surface area contributed by atoms with Gasteiger partial charge in [-0.25, -0.2) is 8.42 Å². The Hall–Kier alpha value is -1.75. The summed E-state index contributed by atoms with van der Waals surface area (Å²) in [4.78, 5) is 20.1. The highest BCUT2D eigenvalue weighted by molar-refractivity contribution is 7.89. The van der Waals surface area contributed by atoms with Crippen LogP contribution < -0.4 is 4.72 Å². The highest BCUT2D eigenvalue weighted by Crippen LogP contribution is 2.27. The standard InChI is InChI=1S/C10H11ClN2O7S/c11-6-1-2-9(8(5-6)13(17)18)21(19,20)12-7(3-4-14)10(15)16/h1-2,5,7,12,14H,3-4H2,(H,15,16)/t7-/m0/s1. The van der Waals surface area contributed by atoms with Gasteiger partial charge < -0.3 is 10.2 Å². The Morgan fingerprint density at radius 2 is 2.10 bits per heavy atom. The van der Waals surface area contributed by atoms with E-state index in [9.17, 15) is 23.3 Å². The summed E-state index contributed by atoms with van der Waals surface area (Å²) >= 11 is 5.57. The lowest BCUT2D eigenvalue weighted by molar-refractivity contribution is -0.387. The highest BCUT2D eigenvalue weighted by atomic mass is 35.5. The van der Waals surface area contributed by atoms with Gasteiger partial charge in [0.25, 0.3) is 5.69 Å². The van der Waals surface area contributed by atoms with Gasteiger partial charge in [-0.2, -0.15) is 4.72 Å². The van der Waals surface area contributed by atoms with E-state index < -0.39 is 44.1 Å². The summed E-state index contributed by atoms with van der Waals surface area (Å²) in [6.07, 6.45) is -0.379. The zero-order chi connectivity index (χ0) is 16.2. The van der Waals surface area contributed by atoms with Gasteiger partial charge in [0, 0.05) is 17.7 Å². The number of rotatable bonds is 7. The second kappa shape index (κ2) is 6.80. The van der Waals surface area contributed by atoms with Crippen molar-refractivity contribution in [1.29, 1.82) is 0 Å². The summed E-state index contributed by atoms with van der Waals surface area (Å²) in [5.41, 5.74) is -0.775. The van der Waals surface area contributed by atoms with Gasteiger partial charge in [-0.05, 0) is 18.6 Å². The van der Waals surface area contributed by atoms with Crippen LogP contribution in [0.1, 0.15) is 6.42 Å². The Kier molecular flexibility index (Phi) is 5.61. The van der Waals surface area contributed by atoms with Crippen LogP contribution in [-0.4, -0.2) is 42.2 Å². The van der Waals surface area contributed by atoms with Crippen molar-refractivity contribution < 1.29 is 28.3 Å². The van der Waals surface area contributed by atoms with Gasteiger partial charge in [0.05, 0.1) is 4.92 Å². The van der Waals surface area contributed by atoms with Crippen molar-refractivity contribution in [3.05, 3.63) is 33.3 Å². The van der Waals surface area contributed by atoms with E-state index >= 15 is 0 Å². The molecule has 0 saturated carbocycles. The summed E-state index contributed by atoms with van der Waals surface area (Å²) in [6, 6.07) is 1.28. The molecule has 0 radical (unpaired) electrons. The van der Waals surface area contributed by atoms with Gasteiger partial charge in [-0.15, -0.1) is 0 Å². The molecule has 0 aliphatic carbocycles. The Morgan fingerprint density at radius 3 is 2.57 bits per heavy atom. The van der Waals surface area contributed by atoms with E-state index in [1.54, 1.807) is 4.72 Å². The maximum atomic E-state index is 12.1. The Labute approximate surface area is 124 Å². The third-order valence-electron chi connectivity index (χ3n) is 2.42. The molecule has 0 heterocycles. The van der Waals surface area contributed by atoms with Crippen molar-refractivity contribution in [2.24, 2.45) is 0 Å². The fourth-order valence-electron chi connectivity index (χ4n) is 1.47. The van der Waals surface area contributed by atoms with Crippen molar-refractivity contribution >= 4 is 33.3 Å². The van der Waals surface area contributed by atoms with Crippen LogP contribution in [0.5, 0.6) is 0 Å². The van der Waals surface area contributed by atoms with E-state index in [0.29, 0.717) is 0 Å². The summed E-state index contributed by atoms with van der Waals surface area (Å²) in [5.74, 6) is -1.51. The number of aliphatic carboxylic acids is 1. The minimum Gasteiger partial charge on any atom is -0.480 e. The third kappa shape index (κ3) is 4.36. The SMILES string of the molecule is O=C(O)[C@H](CCO)NS(=O)(=O)c1ccc(Cl)cc1[N+](=O)[O-]. The number of carbonyl (C=O) groups is 1. The quantitative estimate of drug-likeness (QED) is 0.480. The molecule has 9 nitrogen and oxygen atoms in total. The second-order valence-corrected chi connectivity index (χ2v) is 6.01. The number of sulfonamides is 1. The third-order valence-corrected chi connectivity index (χ3v) is 4.17. The van der Waals surface area contributed by atoms with E-state index in [1.165, 1.54) is 0 Å². The molecular formula is C10H11ClN2O7S. The number of hydrogen-bond donors (Lipinski definition) is 3. The molecule has 1 rings (SSSR count). The minimum atomic E-state index is -4.46.